The van der Waals surface area contributed by atoms with Crippen molar-refractivity contribution in [3.05, 3.63) is 23.7 Å². The van der Waals surface area contributed by atoms with Crippen LogP contribution in [0.15, 0.2) is 16.5 Å². The number of carbonyl (C=O) groups is 1. The van der Waals surface area contributed by atoms with Crippen LogP contribution in [0.1, 0.15) is 36.8 Å². The molecule has 1 aromatic heterocycles. The molecule has 0 saturated carbocycles. The molecule has 1 fully saturated rings. The van der Waals surface area contributed by atoms with Crippen molar-refractivity contribution in [1.82, 2.24) is 4.90 Å². The minimum absolute atomic E-state index is 0.135. The quantitative estimate of drug-likeness (QED) is 0.858. The molecular weight excluding hydrogens is 218 g/mol. The number of carboxylic acid groups (broad SMARTS) is 1. The fraction of sp³-hybridized carbons (Fsp3) is 0.615. The molecule has 17 heavy (non-hydrogen) atoms. The zero-order valence-corrected chi connectivity index (χ0v) is 10.3. The molecule has 0 bridgehead atoms. The molecule has 0 aromatic carbocycles. The minimum Gasteiger partial charge on any atom is -0.481 e. The van der Waals surface area contributed by atoms with Crippen LogP contribution >= 0.6 is 0 Å². The molecule has 0 aliphatic carbocycles. The standard InChI is InChI=1S/C13H19NO3/c1-9-6-7-11(17-9)12-10(13(15)16)5-3-4-8-14(12)2/h6-7,10,12H,3-5,8H2,1-2H3,(H,15,16)/t10-,12-/m0/s1. The van der Waals surface area contributed by atoms with Crippen molar-refractivity contribution in [2.24, 2.45) is 5.92 Å². The van der Waals surface area contributed by atoms with E-state index < -0.39 is 5.97 Å². The second kappa shape index (κ2) is 4.92. The van der Waals surface area contributed by atoms with E-state index in [-0.39, 0.29) is 12.0 Å². The lowest BCUT2D eigenvalue weighted by atomic mass is 9.93. The number of aryl methyl sites for hydroxylation is 1. The van der Waals surface area contributed by atoms with Crippen molar-refractivity contribution in [2.75, 3.05) is 13.6 Å². The Kier molecular flexibility index (Phi) is 3.52. The summed E-state index contributed by atoms with van der Waals surface area (Å²) in [5, 5.41) is 9.35. The molecule has 1 aromatic rings. The lowest BCUT2D eigenvalue weighted by molar-refractivity contribution is -0.144. The second-order valence-corrected chi connectivity index (χ2v) is 4.81. The number of nitrogens with zero attached hydrogens (tertiary/aromatic N) is 1. The SMILES string of the molecule is Cc1ccc([C@@H]2[C@@H](C(=O)O)CCCCN2C)o1. The molecule has 1 aliphatic rings. The van der Waals surface area contributed by atoms with Gasteiger partial charge in [-0.1, -0.05) is 6.42 Å². The number of hydrogen-bond acceptors (Lipinski definition) is 3. The van der Waals surface area contributed by atoms with Crippen LogP contribution in [0.2, 0.25) is 0 Å². The Labute approximate surface area is 101 Å². The highest BCUT2D eigenvalue weighted by atomic mass is 16.4. The summed E-state index contributed by atoms with van der Waals surface area (Å²) >= 11 is 0. The average Bonchev–Trinajstić information content (AvgIpc) is 2.58. The highest BCUT2D eigenvalue weighted by Crippen LogP contribution is 2.35. The molecule has 0 radical (unpaired) electrons. The summed E-state index contributed by atoms with van der Waals surface area (Å²) in [7, 11) is 1.98. The fourth-order valence-electron chi connectivity index (χ4n) is 2.62. The smallest absolute Gasteiger partial charge is 0.308 e. The summed E-state index contributed by atoms with van der Waals surface area (Å²) in [4.78, 5) is 13.5. The van der Waals surface area contributed by atoms with E-state index in [1.807, 2.05) is 26.1 Å². The zero-order valence-electron chi connectivity index (χ0n) is 10.3. The Balaban J connectivity index is 2.32. The summed E-state index contributed by atoms with van der Waals surface area (Å²) in [6.07, 6.45) is 2.75. The topological polar surface area (TPSA) is 53.7 Å². The van der Waals surface area contributed by atoms with Crippen LogP contribution in [-0.4, -0.2) is 29.6 Å². The lowest BCUT2D eigenvalue weighted by Crippen LogP contribution is -2.32. The van der Waals surface area contributed by atoms with Crippen LogP contribution in [0, 0.1) is 12.8 Å². The van der Waals surface area contributed by atoms with E-state index in [1.54, 1.807) is 0 Å². The number of hydrogen-bond donors (Lipinski definition) is 1. The molecule has 0 unspecified atom stereocenters. The van der Waals surface area contributed by atoms with Crippen molar-refractivity contribution >= 4 is 5.97 Å². The maximum absolute atomic E-state index is 11.4. The maximum atomic E-state index is 11.4. The first-order chi connectivity index (χ1) is 8.09. The van der Waals surface area contributed by atoms with Crippen molar-refractivity contribution in [3.8, 4) is 0 Å². The van der Waals surface area contributed by atoms with Gasteiger partial charge < -0.3 is 9.52 Å². The van der Waals surface area contributed by atoms with Gasteiger partial charge in [-0.15, -0.1) is 0 Å². The number of furan rings is 1. The maximum Gasteiger partial charge on any atom is 0.308 e. The summed E-state index contributed by atoms with van der Waals surface area (Å²) in [5.74, 6) is 0.520. The van der Waals surface area contributed by atoms with E-state index in [1.165, 1.54) is 0 Å². The van der Waals surface area contributed by atoms with Crippen LogP contribution < -0.4 is 0 Å². The second-order valence-electron chi connectivity index (χ2n) is 4.81. The van der Waals surface area contributed by atoms with Crippen LogP contribution in [0.25, 0.3) is 0 Å². The third-order valence-corrected chi connectivity index (χ3v) is 3.50. The van der Waals surface area contributed by atoms with Crippen molar-refractivity contribution in [2.45, 2.75) is 32.2 Å². The first-order valence-corrected chi connectivity index (χ1v) is 6.09. The molecule has 0 amide bonds. The summed E-state index contributed by atoms with van der Waals surface area (Å²) in [5.41, 5.74) is 0. The third kappa shape index (κ3) is 2.52. The molecule has 2 heterocycles. The highest BCUT2D eigenvalue weighted by Gasteiger charge is 2.35. The van der Waals surface area contributed by atoms with Crippen molar-refractivity contribution in [1.29, 1.82) is 0 Å². The van der Waals surface area contributed by atoms with Crippen LogP contribution in [0.5, 0.6) is 0 Å². The average molecular weight is 237 g/mol. The van der Waals surface area contributed by atoms with E-state index in [2.05, 4.69) is 4.90 Å². The van der Waals surface area contributed by atoms with Gasteiger partial charge in [0.2, 0.25) is 0 Å². The van der Waals surface area contributed by atoms with Gasteiger partial charge in [-0.2, -0.15) is 0 Å². The van der Waals surface area contributed by atoms with Gasteiger partial charge >= 0.3 is 5.97 Å². The molecule has 94 valence electrons. The Bertz CT molecular complexity index is 399. The first-order valence-electron chi connectivity index (χ1n) is 6.09. The summed E-state index contributed by atoms with van der Waals surface area (Å²) in [6, 6.07) is 3.66. The molecule has 1 aliphatic heterocycles. The van der Waals surface area contributed by atoms with Gasteiger partial charge in [0, 0.05) is 0 Å². The highest BCUT2D eigenvalue weighted by molar-refractivity contribution is 5.71. The minimum atomic E-state index is -0.724. The number of likely N-dealkylation sites (tertiary alicyclic amines) is 1. The van der Waals surface area contributed by atoms with Gasteiger partial charge in [0.1, 0.15) is 11.5 Å². The van der Waals surface area contributed by atoms with Gasteiger partial charge in [0.25, 0.3) is 0 Å². The van der Waals surface area contributed by atoms with Crippen LogP contribution in [-0.2, 0) is 4.79 Å². The summed E-state index contributed by atoms with van der Waals surface area (Å²) in [6.45, 7) is 2.81. The first kappa shape index (κ1) is 12.2. The molecule has 2 atom stereocenters. The number of rotatable bonds is 2. The van der Waals surface area contributed by atoms with Crippen LogP contribution in [0.3, 0.4) is 0 Å². The predicted octanol–water partition coefficient (Wildman–Crippen LogP) is 2.45. The fourth-order valence-corrected chi connectivity index (χ4v) is 2.62. The Morgan fingerprint density at radius 1 is 1.47 bits per heavy atom. The molecule has 2 rings (SSSR count). The van der Waals surface area contributed by atoms with E-state index in [9.17, 15) is 9.90 Å². The van der Waals surface area contributed by atoms with Crippen LogP contribution in [0.4, 0.5) is 0 Å². The normalized spacial score (nSPS) is 26.7. The predicted molar refractivity (Wildman–Crippen MR) is 63.8 cm³/mol. The molecule has 4 heteroatoms. The molecule has 1 N–H and O–H groups in total. The monoisotopic (exact) mass is 237 g/mol. The van der Waals surface area contributed by atoms with Gasteiger partial charge in [0.05, 0.1) is 12.0 Å². The Hall–Kier alpha value is -1.29. The molecule has 0 spiro atoms. The third-order valence-electron chi connectivity index (χ3n) is 3.50. The van der Waals surface area contributed by atoms with E-state index >= 15 is 0 Å². The van der Waals surface area contributed by atoms with E-state index in [0.717, 1.165) is 37.3 Å². The van der Waals surface area contributed by atoms with Gasteiger partial charge in [-0.3, -0.25) is 9.69 Å². The van der Waals surface area contributed by atoms with E-state index in [0.29, 0.717) is 0 Å². The summed E-state index contributed by atoms with van der Waals surface area (Å²) < 4.78 is 5.62. The largest absolute Gasteiger partial charge is 0.481 e. The van der Waals surface area contributed by atoms with E-state index in [4.69, 9.17) is 4.42 Å². The molecule has 1 saturated heterocycles. The van der Waals surface area contributed by atoms with Gasteiger partial charge in [0.15, 0.2) is 0 Å². The lowest BCUT2D eigenvalue weighted by Gasteiger charge is -2.28. The van der Waals surface area contributed by atoms with Crippen molar-refractivity contribution in [3.63, 3.8) is 0 Å². The van der Waals surface area contributed by atoms with Crippen molar-refractivity contribution < 1.29 is 14.3 Å². The van der Waals surface area contributed by atoms with Gasteiger partial charge in [-0.05, 0) is 45.5 Å². The zero-order chi connectivity index (χ0) is 12.4. The number of aliphatic carboxylic acids is 1. The Morgan fingerprint density at radius 3 is 2.82 bits per heavy atom. The Morgan fingerprint density at radius 2 is 2.24 bits per heavy atom. The van der Waals surface area contributed by atoms with Gasteiger partial charge in [-0.25, -0.2) is 0 Å². The molecular formula is C13H19NO3. The molecule has 4 nitrogen and oxygen atoms in total. The number of carboxylic acids is 1.